The van der Waals surface area contributed by atoms with Gasteiger partial charge in [0, 0.05) is 18.7 Å². The largest absolute Gasteiger partial charge is 0.508 e. The lowest BCUT2D eigenvalue weighted by atomic mass is 10.0. The Morgan fingerprint density at radius 1 is 1.08 bits per heavy atom. The molecule has 1 heterocycles. The molecule has 0 aliphatic carbocycles. The van der Waals surface area contributed by atoms with Crippen LogP contribution in [0.25, 0.3) is 0 Å². The molecule has 0 aromatic heterocycles. The Labute approximate surface area is 147 Å². The third-order valence-corrected chi connectivity index (χ3v) is 4.08. The Kier molecular flexibility index (Phi) is 4.88. The third-order valence-electron chi connectivity index (χ3n) is 4.08. The quantitative estimate of drug-likeness (QED) is 0.760. The fourth-order valence-corrected chi connectivity index (χ4v) is 2.55. The third kappa shape index (κ3) is 3.81. The molecule has 0 bridgehead atoms. The zero-order valence-electron chi connectivity index (χ0n) is 13.6. The van der Waals surface area contributed by atoms with E-state index in [1.807, 2.05) is 12.1 Å². The maximum Gasteiger partial charge on any atom is 0.458 e. The Bertz CT molecular complexity index is 806. The number of hydrogen-bond acceptors (Lipinski definition) is 5. The molecule has 138 valence electrons. The Hall–Kier alpha value is -2.58. The van der Waals surface area contributed by atoms with E-state index in [2.05, 4.69) is 15.3 Å². The van der Waals surface area contributed by atoms with Crippen LogP contribution in [-0.2, 0) is 17.9 Å². The summed E-state index contributed by atoms with van der Waals surface area (Å²) in [7, 11) is 0. The van der Waals surface area contributed by atoms with E-state index in [0.29, 0.717) is 18.7 Å². The first-order valence-corrected chi connectivity index (χ1v) is 7.89. The van der Waals surface area contributed by atoms with Crippen LogP contribution in [0.5, 0.6) is 5.75 Å². The van der Waals surface area contributed by atoms with Crippen LogP contribution in [0, 0.1) is 0 Å². The van der Waals surface area contributed by atoms with Gasteiger partial charge in [0.15, 0.2) is 0 Å². The fraction of sp³-hybridized carbons (Fsp3) is 0.278. The van der Waals surface area contributed by atoms with Crippen LogP contribution in [-0.4, -0.2) is 27.9 Å². The molecule has 0 radical (unpaired) electrons. The number of alkyl halides is 3. The van der Waals surface area contributed by atoms with Gasteiger partial charge in [0.1, 0.15) is 5.75 Å². The molecular weight excluding hydrogens is 349 g/mol. The molecule has 1 aliphatic heterocycles. The second kappa shape index (κ2) is 6.97. The minimum absolute atomic E-state index is 0.0403. The summed E-state index contributed by atoms with van der Waals surface area (Å²) in [6.07, 6.45) is -5.66. The summed E-state index contributed by atoms with van der Waals surface area (Å²) in [5.74, 6) is -3.05. The van der Waals surface area contributed by atoms with Crippen LogP contribution in [0.1, 0.15) is 23.1 Å². The molecule has 3 rings (SSSR count). The molecule has 0 fully saturated rings. The van der Waals surface area contributed by atoms with Gasteiger partial charge in [-0.15, -0.1) is 0 Å². The molecule has 2 aromatic carbocycles. The van der Waals surface area contributed by atoms with Gasteiger partial charge in [-0.25, -0.2) is 0 Å². The minimum Gasteiger partial charge on any atom is -0.508 e. The van der Waals surface area contributed by atoms with Crippen molar-refractivity contribution in [3.05, 3.63) is 65.2 Å². The number of para-hydroxylation sites is 1. The highest BCUT2D eigenvalue weighted by Crippen LogP contribution is 2.38. The van der Waals surface area contributed by atoms with Gasteiger partial charge in [0.25, 0.3) is 0 Å². The van der Waals surface area contributed by atoms with Crippen molar-refractivity contribution in [2.75, 3.05) is 0 Å². The average Bonchev–Trinajstić information content (AvgIpc) is 3.01. The number of phenolic OH excluding ortho intramolecular Hbond substituents is 1. The number of aliphatic hydroxyl groups is 1. The predicted molar refractivity (Wildman–Crippen MR) is 88.3 cm³/mol. The van der Waals surface area contributed by atoms with Crippen molar-refractivity contribution < 1.29 is 28.2 Å². The van der Waals surface area contributed by atoms with E-state index in [4.69, 9.17) is 0 Å². The topological polar surface area (TPSA) is 74.1 Å². The van der Waals surface area contributed by atoms with Crippen molar-refractivity contribution in [3.63, 3.8) is 0 Å². The molecule has 26 heavy (non-hydrogen) atoms. The van der Waals surface area contributed by atoms with Crippen molar-refractivity contribution >= 4 is 5.71 Å². The van der Waals surface area contributed by atoms with Gasteiger partial charge in [0.2, 0.25) is 0 Å². The molecule has 1 atom stereocenters. The van der Waals surface area contributed by atoms with Gasteiger partial charge in [0.05, 0.1) is 12.1 Å². The zero-order valence-corrected chi connectivity index (χ0v) is 13.6. The first-order chi connectivity index (χ1) is 12.3. The van der Waals surface area contributed by atoms with Crippen LogP contribution in [0.4, 0.5) is 13.2 Å². The van der Waals surface area contributed by atoms with Gasteiger partial charge in [-0.05, 0) is 17.2 Å². The van der Waals surface area contributed by atoms with Gasteiger partial charge in [-0.3, -0.25) is 0 Å². The summed E-state index contributed by atoms with van der Waals surface area (Å²) < 4.78 is 38.2. The second-order valence-electron chi connectivity index (χ2n) is 6.02. The van der Waals surface area contributed by atoms with Crippen LogP contribution in [0.2, 0.25) is 0 Å². The number of benzene rings is 2. The van der Waals surface area contributed by atoms with E-state index in [1.165, 1.54) is 0 Å². The van der Waals surface area contributed by atoms with E-state index in [-0.39, 0.29) is 11.5 Å². The van der Waals surface area contributed by atoms with Crippen molar-refractivity contribution in [2.24, 2.45) is 5.16 Å². The van der Waals surface area contributed by atoms with Crippen molar-refractivity contribution in [3.8, 4) is 5.75 Å². The smallest absolute Gasteiger partial charge is 0.458 e. The van der Waals surface area contributed by atoms with Crippen LogP contribution < -0.4 is 5.32 Å². The highest BCUT2D eigenvalue weighted by Gasteiger charge is 2.60. The number of oxime groups is 1. The number of phenols is 1. The van der Waals surface area contributed by atoms with E-state index in [9.17, 15) is 23.4 Å². The normalized spacial score (nSPS) is 19.9. The minimum atomic E-state index is -4.91. The Balaban J connectivity index is 1.57. The van der Waals surface area contributed by atoms with E-state index >= 15 is 0 Å². The summed E-state index contributed by atoms with van der Waals surface area (Å²) in [5.41, 5.74) is 2.18. The first-order valence-electron chi connectivity index (χ1n) is 7.89. The second-order valence-corrected chi connectivity index (χ2v) is 6.02. The maximum atomic E-state index is 12.7. The molecule has 5 nitrogen and oxygen atoms in total. The summed E-state index contributed by atoms with van der Waals surface area (Å²) in [4.78, 5) is 4.21. The Morgan fingerprint density at radius 3 is 2.38 bits per heavy atom. The summed E-state index contributed by atoms with van der Waals surface area (Å²) in [6, 6.07) is 13.7. The molecule has 0 amide bonds. The zero-order chi connectivity index (χ0) is 18.8. The molecular formula is C18H17F3N2O3. The number of halogens is 3. The van der Waals surface area contributed by atoms with Crippen LogP contribution in [0.15, 0.2) is 53.7 Å². The number of nitrogens with one attached hydrogen (secondary N) is 1. The first kappa shape index (κ1) is 18.2. The standard InChI is InChI=1S/C18H17F3N2O3/c19-18(20,21)17(25)9-15(23-26-17)13-7-5-12(6-8-13)10-22-11-14-3-1-2-4-16(14)24/h1-8,22,24-25H,9-11H2. The summed E-state index contributed by atoms with van der Waals surface area (Å²) >= 11 is 0. The number of nitrogens with zero attached hydrogens (tertiary/aromatic N) is 1. The van der Waals surface area contributed by atoms with E-state index < -0.39 is 18.4 Å². The number of rotatable bonds is 5. The monoisotopic (exact) mass is 366 g/mol. The van der Waals surface area contributed by atoms with E-state index in [1.54, 1.807) is 36.4 Å². The molecule has 1 unspecified atom stereocenters. The highest BCUT2D eigenvalue weighted by molar-refractivity contribution is 6.01. The maximum absolute atomic E-state index is 12.7. The molecule has 8 heteroatoms. The summed E-state index contributed by atoms with van der Waals surface area (Å²) in [6.45, 7) is 0.998. The van der Waals surface area contributed by atoms with Gasteiger partial charge < -0.3 is 20.4 Å². The molecule has 0 saturated carbocycles. The van der Waals surface area contributed by atoms with Crippen LogP contribution in [0.3, 0.4) is 0 Å². The molecule has 0 saturated heterocycles. The number of aromatic hydroxyl groups is 1. The van der Waals surface area contributed by atoms with Gasteiger partial charge in [-0.1, -0.05) is 47.6 Å². The van der Waals surface area contributed by atoms with Crippen LogP contribution >= 0.6 is 0 Å². The molecule has 2 aromatic rings. The number of hydrogen-bond donors (Lipinski definition) is 3. The van der Waals surface area contributed by atoms with E-state index in [0.717, 1.165) is 11.1 Å². The average molecular weight is 366 g/mol. The lowest BCUT2D eigenvalue weighted by Crippen LogP contribution is -2.45. The summed E-state index contributed by atoms with van der Waals surface area (Å²) in [5, 5.41) is 25.7. The van der Waals surface area contributed by atoms with Crippen molar-refractivity contribution in [2.45, 2.75) is 31.5 Å². The lowest BCUT2D eigenvalue weighted by molar-refractivity contribution is -0.355. The lowest BCUT2D eigenvalue weighted by Gasteiger charge is -2.22. The van der Waals surface area contributed by atoms with Gasteiger partial charge >= 0.3 is 12.0 Å². The van der Waals surface area contributed by atoms with Gasteiger partial charge in [-0.2, -0.15) is 13.2 Å². The fourth-order valence-electron chi connectivity index (χ4n) is 2.55. The van der Waals surface area contributed by atoms with Crippen molar-refractivity contribution in [1.29, 1.82) is 0 Å². The Morgan fingerprint density at radius 2 is 1.77 bits per heavy atom. The predicted octanol–water partition coefficient (Wildman–Crippen LogP) is 3.06. The molecule has 0 spiro atoms. The molecule has 1 aliphatic rings. The molecule has 3 N–H and O–H groups in total. The van der Waals surface area contributed by atoms with Crippen molar-refractivity contribution in [1.82, 2.24) is 5.32 Å². The highest BCUT2D eigenvalue weighted by atomic mass is 19.4. The SMILES string of the molecule is Oc1ccccc1CNCc1ccc(C2=NOC(O)(C(F)(F)F)C2)cc1.